The number of carbonyl (C=O) groups is 2. The molecule has 2 aliphatic rings. The van der Waals surface area contributed by atoms with E-state index < -0.39 is 24.0 Å². The van der Waals surface area contributed by atoms with E-state index in [0.29, 0.717) is 5.71 Å². The molecule has 0 radical (unpaired) electrons. The maximum atomic E-state index is 12.9. The summed E-state index contributed by atoms with van der Waals surface area (Å²) in [6, 6.07) is 16.9. The van der Waals surface area contributed by atoms with Gasteiger partial charge in [-0.05, 0) is 29.8 Å². The molecule has 1 fully saturated rings. The maximum Gasteiger partial charge on any atom is 0.416 e. The minimum absolute atomic E-state index is 0.194. The second kappa shape index (κ2) is 7.11. The predicted octanol–water partition coefficient (Wildman–Crippen LogP) is 2.56. The van der Waals surface area contributed by atoms with Crippen LogP contribution in [0.3, 0.4) is 0 Å². The van der Waals surface area contributed by atoms with E-state index >= 15 is 0 Å². The highest BCUT2D eigenvalue weighted by Crippen LogP contribution is 2.34. The summed E-state index contributed by atoms with van der Waals surface area (Å²) in [6.45, 7) is 0.413. The molecule has 0 bridgehead atoms. The SMILES string of the molecule is COc1ccc(C2=NOC(C(=O)N3CCOC3=O)C2c2ccccc2)cc1. The van der Waals surface area contributed by atoms with Gasteiger partial charge >= 0.3 is 6.09 Å². The first-order valence-corrected chi connectivity index (χ1v) is 8.60. The van der Waals surface area contributed by atoms with Crippen molar-refractivity contribution < 1.29 is 23.9 Å². The van der Waals surface area contributed by atoms with Crippen molar-refractivity contribution >= 4 is 17.7 Å². The van der Waals surface area contributed by atoms with Crippen LogP contribution in [0.5, 0.6) is 5.75 Å². The van der Waals surface area contributed by atoms with Crippen LogP contribution in [0, 0.1) is 0 Å². The predicted molar refractivity (Wildman–Crippen MR) is 96.6 cm³/mol. The molecule has 7 heteroatoms. The molecule has 2 heterocycles. The Kier molecular flexibility index (Phi) is 4.50. The third-order valence-electron chi connectivity index (χ3n) is 4.68. The van der Waals surface area contributed by atoms with Gasteiger partial charge in [0.15, 0.2) is 0 Å². The largest absolute Gasteiger partial charge is 0.497 e. The summed E-state index contributed by atoms with van der Waals surface area (Å²) in [5.41, 5.74) is 2.34. The molecule has 27 heavy (non-hydrogen) atoms. The lowest BCUT2D eigenvalue weighted by Gasteiger charge is -2.21. The number of oxime groups is 1. The molecule has 0 aromatic heterocycles. The molecule has 2 unspecified atom stereocenters. The Morgan fingerprint density at radius 3 is 2.52 bits per heavy atom. The number of cyclic esters (lactones) is 1. The number of methoxy groups -OCH3 is 1. The summed E-state index contributed by atoms with van der Waals surface area (Å²) in [5, 5.41) is 4.19. The number of hydrogen-bond donors (Lipinski definition) is 0. The van der Waals surface area contributed by atoms with Gasteiger partial charge in [-0.15, -0.1) is 0 Å². The van der Waals surface area contributed by atoms with Crippen molar-refractivity contribution in [2.45, 2.75) is 12.0 Å². The third-order valence-corrected chi connectivity index (χ3v) is 4.68. The number of imide groups is 1. The van der Waals surface area contributed by atoms with Gasteiger partial charge in [0, 0.05) is 5.56 Å². The second-order valence-electron chi connectivity index (χ2n) is 6.22. The minimum Gasteiger partial charge on any atom is -0.497 e. The lowest BCUT2D eigenvalue weighted by Crippen LogP contribution is -2.43. The maximum absolute atomic E-state index is 12.9. The van der Waals surface area contributed by atoms with Crippen molar-refractivity contribution in [1.82, 2.24) is 4.90 Å². The Bertz CT molecular complexity index is 879. The topological polar surface area (TPSA) is 77.4 Å². The van der Waals surface area contributed by atoms with Crippen LogP contribution in [-0.4, -0.2) is 49.0 Å². The molecule has 2 amide bonds. The number of nitrogens with zero attached hydrogens (tertiary/aromatic N) is 2. The van der Waals surface area contributed by atoms with Crippen LogP contribution in [0.25, 0.3) is 0 Å². The molecule has 1 saturated heterocycles. The van der Waals surface area contributed by atoms with E-state index in [1.165, 1.54) is 0 Å². The van der Waals surface area contributed by atoms with Crippen molar-refractivity contribution in [2.24, 2.45) is 5.16 Å². The molecular weight excluding hydrogens is 348 g/mol. The Morgan fingerprint density at radius 1 is 1.15 bits per heavy atom. The van der Waals surface area contributed by atoms with E-state index in [1.54, 1.807) is 7.11 Å². The standard InChI is InChI=1S/C20H18N2O5/c1-25-15-9-7-14(8-10-15)17-16(13-5-3-2-4-6-13)18(27-21-17)19(23)22-11-12-26-20(22)24/h2-10,16,18H,11-12H2,1H3. The molecule has 0 saturated carbocycles. The first kappa shape index (κ1) is 17.1. The first-order valence-electron chi connectivity index (χ1n) is 8.60. The van der Waals surface area contributed by atoms with Crippen LogP contribution in [0.15, 0.2) is 59.8 Å². The van der Waals surface area contributed by atoms with E-state index in [-0.39, 0.29) is 13.2 Å². The highest BCUT2D eigenvalue weighted by Gasteiger charge is 2.45. The molecule has 0 spiro atoms. The van der Waals surface area contributed by atoms with Gasteiger partial charge in [0.05, 0.1) is 25.3 Å². The Balaban J connectivity index is 1.69. The van der Waals surface area contributed by atoms with Gasteiger partial charge in [-0.1, -0.05) is 35.5 Å². The molecule has 2 atom stereocenters. The lowest BCUT2D eigenvalue weighted by molar-refractivity contribution is -0.139. The van der Waals surface area contributed by atoms with Crippen molar-refractivity contribution in [3.8, 4) is 5.75 Å². The number of benzene rings is 2. The molecule has 0 aliphatic carbocycles. The average molecular weight is 366 g/mol. The molecule has 2 aromatic carbocycles. The monoisotopic (exact) mass is 366 g/mol. The van der Waals surface area contributed by atoms with E-state index in [4.69, 9.17) is 14.3 Å². The van der Waals surface area contributed by atoms with Crippen molar-refractivity contribution in [1.29, 1.82) is 0 Å². The molecule has 4 rings (SSSR count). The van der Waals surface area contributed by atoms with E-state index in [2.05, 4.69) is 5.16 Å². The summed E-state index contributed by atoms with van der Waals surface area (Å²) < 4.78 is 10.1. The molecule has 2 aromatic rings. The highest BCUT2D eigenvalue weighted by molar-refractivity contribution is 6.10. The smallest absolute Gasteiger partial charge is 0.416 e. The molecule has 0 N–H and O–H groups in total. The van der Waals surface area contributed by atoms with Crippen LogP contribution in [-0.2, 0) is 14.4 Å². The van der Waals surface area contributed by atoms with Gasteiger partial charge < -0.3 is 14.3 Å². The van der Waals surface area contributed by atoms with Gasteiger partial charge in [-0.3, -0.25) is 4.79 Å². The molecular formula is C20H18N2O5. The Labute approximate surface area is 156 Å². The number of amides is 2. The summed E-state index contributed by atoms with van der Waals surface area (Å²) >= 11 is 0. The highest BCUT2D eigenvalue weighted by atomic mass is 16.6. The van der Waals surface area contributed by atoms with E-state index in [0.717, 1.165) is 21.8 Å². The van der Waals surface area contributed by atoms with Crippen LogP contribution < -0.4 is 4.74 Å². The van der Waals surface area contributed by atoms with Crippen LogP contribution in [0.4, 0.5) is 4.79 Å². The fourth-order valence-corrected chi connectivity index (χ4v) is 3.30. The van der Waals surface area contributed by atoms with Crippen molar-refractivity contribution in [3.05, 3.63) is 65.7 Å². The molecule has 138 valence electrons. The fourth-order valence-electron chi connectivity index (χ4n) is 3.30. The second-order valence-corrected chi connectivity index (χ2v) is 6.22. The van der Waals surface area contributed by atoms with Gasteiger partial charge in [-0.25, -0.2) is 9.69 Å². The third kappa shape index (κ3) is 3.12. The normalized spacial score (nSPS) is 21.4. The first-order chi connectivity index (χ1) is 13.2. The number of carbonyl (C=O) groups excluding carboxylic acids is 2. The van der Waals surface area contributed by atoms with Crippen LogP contribution in [0.1, 0.15) is 17.0 Å². The summed E-state index contributed by atoms with van der Waals surface area (Å²) in [5.74, 6) is -0.152. The van der Waals surface area contributed by atoms with Crippen molar-refractivity contribution in [2.75, 3.05) is 20.3 Å². The summed E-state index contributed by atoms with van der Waals surface area (Å²) in [6.07, 6.45) is -1.57. The van der Waals surface area contributed by atoms with Crippen molar-refractivity contribution in [3.63, 3.8) is 0 Å². The summed E-state index contributed by atoms with van der Waals surface area (Å²) in [7, 11) is 1.60. The van der Waals surface area contributed by atoms with E-state index in [9.17, 15) is 9.59 Å². The molecule has 2 aliphatic heterocycles. The zero-order valence-corrected chi connectivity index (χ0v) is 14.7. The number of rotatable bonds is 4. The van der Waals surface area contributed by atoms with Gasteiger partial charge in [0.25, 0.3) is 5.91 Å². The zero-order valence-electron chi connectivity index (χ0n) is 14.7. The minimum atomic E-state index is -0.921. The summed E-state index contributed by atoms with van der Waals surface area (Å²) in [4.78, 5) is 31.3. The van der Waals surface area contributed by atoms with Crippen LogP contribution in [0.2, 0.25) is 0 Å². The lowest BCUT2D eigenvalue weighted by atomic mass is 9.85. The van der Waals surface area contributed by atoms with Gasteiger partial charge in [0.2, 0.25) is 6.10 Å². The quantitative estimate of drug-likeness (QED) is 0.831. The van der Waals surface area contributed by atoms with E-state index in [1.807, 2.05) is 54.6 Å². The Morgan fingerprint density at radius 2 is 1.89 bits per heavy atom. The molecule has 7 nitrogen and oxygen atoms in total. The average Bonchev–Trinajstić information content (AvgIpc) is 3.34. The fraction of sp³-hybridized carbons (Fsp3) is 0.250. The van der Waals surface area contributed by atoms with Gasteiger partial charge in [0.1, 0.15) is 12.4 Å². The van der Waals surface area contributed by atoms with Crippen LogP contribution >= 0.6 is 0 Å². The Hall–Kier alpha value is -3.35. The van der Waals surface area contributed by atoms with Gasteiger partial charge in [-0.2, -0.15) is 0 Å². The zero-order chi connectivity index (χ0) is 18.8. The number of ether oxygens (including phenoxy) is 2. The number of hydrogen-bond acceptors (Lipinski definition) is 6.